The van der Waals surface area contributed by atoms with E-state index in [-0.39, 0.29) is 23.3 Å². The number of nitrogens with zero attached hydrogens (tertiary/aromatic N) is 3. The molecule has 3 heterocycles. The predicted octanol–water partition coefficient (Wildman–Crippen LogP) is 3.75. The molecule has 2 aromatic heterocycles. The normalized spacial score (nSPS) is 27.8. The van der Waals surface area contributed by atoms with Crippen molar-refractivity contribution in [2.24, 2.45) is 0 Å². The maximum Gasteiger partial charge on any atom is 0.573 e. The number of nitrogens with one attached hydrogen (secondary N) is 1. The van der Waals surface area contributed by atoms with Gasteiger partial charge < -0.3 is 19.9 Å². The molecule has 0 radical (unpaired) electrons. The first-order chi connectivity index (χ1) is 17.4. The Morgan fingerprint density at radius 2 is 1.89 bits per heavy atom. The number of pyridine rings is 1. The first-order valence-corrected chi connectivity index (χ1v) is 11.4. The van der Waals surface area contributed by atoms with Crippen LogP contribution >= 0.6 is 0 Å². The summed E-state index contributed by atoms with van der Waals surface area (Å²) in [6, 6.07) is 4.27. The van der Waals surface area contributed by atoms with Crippen molar-refractivity contribution in [1.29, 1.82) is 0 Å². The van der Waals surface area contributed by atoms with Crippen LogP contribution < -0.4 is 14.8 Å². The fourth-order valence-corrected chi connectivity index (χ4v) is 5.51. The molecule has 3 fully saturated rings. The van der Waals surface area contributed by atoms with E-state index in [1.807, 2.05) is 0 Å². The number of rotatable bonds is 5. The second-order valence-electron chi connectivity index (χ2n) is 9.79. The largest absolute Gasteiger partial charge is 0.573 e. The first kappa shape index (κ1) is 23.6. The van der Waals surface area contributed by atoms with E-state index >= 15 is 0 Å². The van der Waals surface area contributed by atoms with Gasteiger partial charge in [-0.05, 0) is 37.5 Å². The van der Waals surface area contributed by atoms with Crippen molar-refractivity contribution in [3.05, 3.63) is 60.1 Å². The Balaban J connectivity index is 1.08. The second kappa shape index (κ2) is 7.88. The molecule has 2 N–H and O–H groups in total. The number of aliphatic hydroxyl groups excluding tert-OH is 1. The maximum absolute atomic E-state index is 13.6. The minimum absolute atomic E-state index is 0.0671. The van der Waals surface area contributed by atoms with E-state index in [9.17, 15) is 31.9 Å². The summed E-state index contributed by atoms with van der Waals surface area (Å²) in [6.07, 6.45) is -0.999. The average molecular weight is 522 g/mol. The van der Waals surface area contributed by atoms with Crippen LogP contribution in [0.3, 0.4) is 0 Å². The van der Waals surface area contributed by atoms with Crippen molar-refractivity contribution in [1.82, 2.24) is 20.1 Å². The molecule has 0 saturated heterocycles. The van der Waals surface area contributed by atoms with E-state index in [1.54, 1.807) is 17.1 Å². The lowest BCUT2D eigenvalue weighted by Crippen LogP contribution is -2.79. The quantitative estimate of drug-likeness (QED) is 0.496. The number of fused-ring (bicyclic) bond motifs is 1. The van der Waals surface area contributed by atoms with Gasteiger partial charge in [0.2, 0.25) is 0 Å². The number of aliphatic hydroxyl groups is 1. The van der Waals surface area contributed by atoms with Gasteiger partial charge in [-0.15, -0.1) is 13.2 Å². The zero-order chi connectivity index (χ0) is 26.2. The molecule has 1 aliphatic heterocycles. The molecule has 3 aliphatic carbocycles. The number of hydrogen-bond acceptors (Lipinski definition) is 6. The minimum Gasteiger partial charge on any atom is -0.480 e. The summed E-state index contributed by atoms with van der Waals surface area (Å²) in [4.78, 5) is 16.9. The van der Waals surface area contributed by atoms with Gasteiger partial charge >= 0.3 is 6.36 Å². The molecule has 13 heteroatoms. The number of carbonyl (C=O) groups excluding carboxylic acids is 1. The van der Waals surface area contributed by atoms with E-state index < -0.39 is 47.4 Å². The van der Waals surface area contributed by atoms with Crippen LogP contribution in [0.15, 0.2) is 42.9 Å². The average Bonchev–Trinajstić information content (AvgIpc) is 3.25. The fourth-order valence-electron chi connectivity index (χ4n) is 5.51. The molecular formula is C24H19F5N4O4. The predicted molar refractivity (Wildman–Crippen MR) is 115 cm³/mol. The summed E-state index contributed by atoms with van der Waals surface area (Å²) in [5, 5.41) is 17.7. The molecule has 1 aromatic carbocycles. The first-order valence-electron chi connectivity index (χ1n) is 11.4. The molecule has 3 aromatic rings. The SMILES string of the molecule is O=C(NC12CC(n3cc(-c4ccc(OC(F)(F)F)cn4)cn3)(C1)C2)[C@H]1C[C@@H](O)c2cc(F)c(F)cc2O1. The zero-order valence-electron chi connectivity index (χ0n) is 18.9. The van der Waals surface area contributed by atoms with Crippen LogP contribution in [0, 0.1) is 11.6 Å². The lowest BCUT2D eigenvalue weighted by Gasteiger charge is -2.70. The lowest BCUT2D eigenvalue weighted by molar-refractivity contribution is -0.274. The third-order valence-electron chi connectivity index (χ3n) is 7.14. The summed E-state index contributed by atoms with van der Waals surface area (Å²) >= 11 is 0. The highest BCUT2D eigenvalue weighted by atomic mass is 19.4. The van der Waals surface area contributed by atoms with Crippen LogP contribution in [0.2, 0.25) is 0 Å². The number of aromatic nitrogens is 3. The molecule has 8 nitrogen and oxygen atoms in total. The van der Waals surface area contributed by atoms with Gasteiger partial charge in [0.1, 0.15) is 11.5 Å². The van der Waals surface area contributed by atoms with Crippen LogP contribution in [-0.2, 0) is 10.3 Å². The van der Waals surface area contributed by atoms with Crippen molar-refractivity contribution < 1.29 is 41.3 Å². The Labute approximate surface area is 206 Å². The monoisotopic (exact) mass is 522 g/mol. The second-order valence-corrected chi connectivity index (χ2v) is 9.79. The van der Waals surface area contributed by atoms with Crippen LogP contribution in [0.4, 0.5) is 22.0 Å². The lowest BCUT2D eigenvalue weighted by atomic mass is 9.44. The van der Waals surface area contributed by atoms with Crippen LogP contribution in [0.5, 0.6) is 11.5 Å². The molecule has 4 aliphatic rings. The molecule has 2 bridgehead atoms. The number of alkyl halides is 3. The van der Waals surface area contributed by atoms with Crippen molar-refractivity contribution >= 4 is 5.91 Å². The highest BCUT2D eigenvalue weighted by molar-refractivity contribution is 5.83. The van der Waals surface area contributed by atoms with Gasteiger partial charge in [0.15, 0.2) is 17.7 Å². The Hall–Kier alpha value is -3.74. The molecule has 2 atom stereocenters. The van der Waals surface area contributed by atoms with E-state index in [0.29, 0.717) is 30.5 Å². The molecule has 194 valence electrons. The molecular weight excluding hydrogens is 503 g/mol. The number of halogens is 5. The van der Waals surface area contributed by atoms with Crippen molar-refractivity contribution in [2.75, 3.05) is 0 Å². The summed E-state index contributed by atoms with van der Waals surface area (Å²) < 4.78 is 75.2. The van der Waals surface area contributed by atoms with Crippen LogP contribution in [0.1, 0.15) is 37.4 Å². The highest BCUT2D eigenvalue weighted by Crippen LogP contribution is 2.65. The van der Waals surface area contributed by atoms with E-state index in [4.69, 9.17) is 4.74 Å². The van der Waals surface area contributed by atoms with Gasteiger partial charge in [0.05, 0.1) is 29.7 Å². The number of benzene rings is 1. The van der Waals surface area contributed by atoms with E-state index in [1.165, 1.54) is 12.1 Å². The van der Waals surface area contributed by atoms with Gasteiger partial charge in [0.25, 0.3) is 5.91 Å². The summed E-state index contributed by atoms with van der Waals surface area (Å²) in [5.41, 5.74) is 0.387. The molecule has 7 rings (SSSR count). The number of amides is 1. The summed E-state index contributed by atoms with van der Waals surface area (Å²) in [6.45, 7) is 0. The smallest absolute Gasteiger partial charge is 0.480 e. The highest BCUT2D eigenvalue weighted by Gasteiger charge is 2.70. The standard InChI is InChI=1S/C24H19F5N4O4/c25-15-3-14-18(34)5-20(36-19(14)4-16(15)26)21(35)32-22-9-23(10-22,11-22)33-8-12(6-31-33)17-2-1-13(7-30-17)37-24(27,28)29/h1-4,6-8,18,20,34H,5,9-11H2,(H,32,35)/t18-,20-,22?,23?/m1/s1. The summed E-state index contributed by atoms with van der Waals surface area (Å²) in [7, 11) is 0. The van der Waals surface area contributed by atoms with Crippen LogP contribution in [-0.4, -0.2) is 43.8 Å². The Morgan fingerprint density at radius 3 is 2.57 bits per heavy atom. The van der Waals surface area contributed by atoms with Crippen molar-refractivity contribution in [3.8, 4) is 22.8 Å². The molecule has 1 amide bonds. The fraction of sp³-hybridized carbons (Fsp3) is 0.375. The molecule has 0 unspecified atom stereocenters. The maximum atomic E-state index is 13.6. The van der Waals surface area contributed by atoms with Gasteiger partial charge in [0, 0.05) is 35.3 Å². The number of carbonyl (C=O) groups is 1. The Bertz CT molecular complexity index is 1370. The van der Waals surface area contributed by atoms with Crippen molar-refractivity contribution in [3.63, 3.8) is 0 Å². The van der Waals surface area contributed by atoms with Gasteiger partial charge in [-0.25, -0.2) is 8.78 Å². The van der Waals surface area contributed by atoms with Gasteiger partial charge in [-0.1, -0.05) is 0 Å². The van der Waals surface area contributed by atoms with E-state index in [0.717, 1.165) is 18.3 Å². The summed E-state index contributed by atoms with van der Waals surface area (Å²) in [5.74, 6) is -3.17. The number of hydrogen-bond donors (Lipinski definition) is 2. The van der Waals surface area contributed by atoms with Gasteiger partial charge in [-0.2, -0.15) is 5.10 Å². The molecule has 37 heavy (non-hydrogen) atoms. The minimum atomic E-state index is -4.80. The van der Waals surface area contributed by atoms with Crippen LogP contribution in [0.25, 0.3) is 11.3 Å². The third-order valence-corrected chi connectivity index (χ3v) is 7.14. The molecule has 3 saturated carbocycles. The number of ether oxygens (including phenoxy) is 2. The van der Waals surface area contributed by atoms with E-state index in [2.05, 4.69) is 20.1 Å². The van der Waals surface area contributed by atoms with Crippen molar-refractivity contribution in [2.45, 2.75) is 55.3 Å². The zero-order valence-corrected chi connectivity index (χ0v) is 18.9. The Morgan fingerprint density at radius 1 is 1.16 bits per heavy atom. The third kappa shape index (κ3) is 4.06. The van der Waals surface area contributed by atoms with Gasteiger partial charge in [-0.3, -0.25) is 14.5 Å². The topological polar surface area (TPSA) is 98.5 Å². The molecule has 0 spiro atoms. The Kier molecular flexibility index (Phi) is 5.03.